The highest BCUT2D eigenvalue weighted by atomic mass is 32.2. The normalized spacial score (nSPS) is 24.0. The Kier molecular flexibility index (Phi) is 6.25. The van der Waals surface area contributed by atoms with Crippen molar-refractivity contribution in [3.63, 3.8) is 0 Å². The van der Waals surface area contributed by atoms with Gasteiger partial charge in [0.1, 0.15) is 5.57 Å². The fourth-order valence-electron chi connectivity index (χ4n) is 5.21. The third-order valence-corrected chi connectivity index (χ3v) is 8.73. The van der Waals surface area contributed by atoms with Gasteiger partial charge in [0, 0.05) is 25.0 Å². The molecule has 7 heteroatoms. The van der Waals surface area contributed by atoms with Gasteiger partial charge in [0.2, 0.25) is 0 Å². The van der Waals surface area contributed by atoms with E-state index in [2.05, 4.69) is 54.4 Å². The number of hydrogen-bond donors (Lipinski definition) is 0. The molecule has 2 heterocycles. The summed E-state index contributed by atoms with van der Waals surface area (Å²) in [6, 6.07) is 8.47. The van der Waals surface area contributed by atoms with Gasteiger partial charge in [-0.1, -0.05) is 36.0 Å². The van der Waals surface area contributed by atoms with Crippen molar-refractivity contribution >= 4 is 46.6 Å². The Morgan fingerprint density at radius 1 is 1.03 bits per heavy atom. The molecule has 5 rings (SSSR count). The third-order valence-electron chi connectivity index (χ3n) is 7.12. The van der Waals surface area contributed by atoms with Gasteiger partial charge in [-0.2, -0.15) is 0 Å². The van der Waals surface area contributed by atoms with Crippen molar-refractivity contribution in [1.82, 2.24) is 9.80 Å². The molecule has 4 aliphatic rings. The number of rotatable bonds is 3. The summed E-state index contributed by atoms with van der Waals surface area (Å²) >= 11 is 7.22. The van der Waals surface area contributed by atoms with Gasteiger partial charge in [0.05, 0.1) is 10.7 Å². The van der Waals surface area contributed by atoms with Gasteiger partial charge in [-0.05, 0) is 92.6 Å². The van der Waals surface area contributed by atoms with E-state index in [-0.39, 0.29) is 11.8 Å². The highest BCUT2D eigenvalue weighted by Gasteiger charge is 2.40. The molecule has 2 aliphatic heterocycles. The SMILES string of the molecule is CCN1C(=O)C(=C2C=C3C=C(/C=C4\Sc5ccccc5N4C)CCC3CC2)C(=O)N(CC)C1=S. The lowest BCUT2D eigenvalue weighted by molar-refractivity contribution is -0.133. The lowest BCUT2D eigenvalue weighted by Gasteiger charge is -2.37. The third kappa shape index (κ3) is 3.85. The number of thioether (sulfide) groups is 1. The summed E-state index contributed by atoms with van der Waals surface area (Å²) in [7, 11) is 2.11. The molecule has 176 valence electrons. The number of likely N-dealkylation sites (N-methyl/N-ethyl adjacent to an activating group) is 2. The van der Waals surface area contributed by atoms with Crippen LogP contribution in [0.3, 0.4) is 0 Å². The number of anilines is 1. The standard InChI is InChI=1S/C27H29N3O2S2/c1-4-29-25(31)24(26(32)30(5-2)27(29)33)19-13-12-18-11-10-17(14-20(18)16-19)15-23-28(3)21-8-6-7-9-22(21)34-23/h6-9,14-16,18H,4-5,10-13H2,1-3H3/b23-15-. The summed E-state index contributed by atoms with van der Waals surface area (Å²) in [5.74, 6) is -0.0233. The quantitative estimate of drug-likeness (QED) is 0.321. The number of amides is 2. The smallest absolute Gasteiger partial charge is 0.265 e. The first-order chi connectivity index (χ1) is 16.4. The average Bonchev–Trinajstić information content (AvgIpc) is 3.14. The van der Waals surface area contributed by atoms with Crippen LogP contribution in [-0.2, 0) is 9.59 Å². The Bertz CT molecular complexity index is 1180. The number of nitrogens with zero attached hydrogens (tertiary/aromatic N) is 3. The molecular formula is C27H29N3O2S2. The Morgan fingerprint density at radius 3 is 2.38 bits per heavy atom. The fourth-order valence-corrected chi connectivity index (χ4v) is 6.77. The van der Waals surface area contributed by atoms with Crippen molar-refractivity contribution in [2.45, 2.75) is 44.4 Å². The summed E-state index contributed by atoms with van der Waals surface area (Å²) in [5, 5.41) is 1.54. The zero-order valence-corrected chi connectivity index (χ0v) is 21.5. The van der Waals surface area contributed by atoms with Gasteiger partial charge in [-0.3, -0.25) is 19.4 Å². The molecule has 1 atom stereocenters. The zero-order valence-electron chi connectivity index (χ0n) is 19.8. The van der Waals surface area contributed by atoms with Crippen molar-refractivity contribution < 1.29 is 9.59 Å². The molecule has 0 aromatic heterocycles. The first-order valence-electron chi connectivity index (χ1n) is 12.0. The van der Waals surface area contributed by atoms with Gasteiger partial charge in [0.15, 0.2) is 5.11 Å². The van der Waals surface area contributed by atoms with Gasteiger partial charge < -0.3 is 4.90 Å². The summed E-state index contributed by atoms with van der Waals surface area (Å²) < 4.78 is 0. The minimum absolute atomic E-state index is 0.253. The van der Waals surface area contributed by atoms with Gasteiger partial charge in [0.25, 0.3) is 11.8 Å². The van der Waals surface area contributed by atoms with Crippen LogP contribution in [-0.4, -0.2) is 46.9 Å². The molecule has 2 amide bonds. The molecule has 0 N–H and O–H groups in total. The number of benzene rings is 1. The van der Waals surface area contributed by atoms with Crippen LogP contribution >= 0.6 is 24.0 Å². The molecule has 0 radical (unpaired) electrons. The maximum absolute atomic E-state index is 13.2. The van der Waals surface area contributed by atoms with E-state index in [1.807, 2.05) is 13.8 Å². The Morgan fingerprint density at radius 2 is 1.71 bits per heavy atom. The monoisotopic (exact) mass is 491 g/mol. The molecule has 1 aromatic carbocycles. The van der Waals surface area contributed by atoms with Gasteiger partial charge in [-0.25, -0.2) is 0 Å². The summed E-state index contributed by atoms with van der Waals surface area (Å²) in [6.45, 7) is 4.71. The molecule has 1 aromatic rings. The summed E-state index contributed by atoms with van der Waals surface area (Å²) in [4.78, 5) is 33.0. The topological polar surface area (TPSA) is 43.9 Å². The first kappa shape index (κ1) is 23.1. The molecule has 0 spiro atoms. The van der Waals surface area contributed by atoms with E-state index in [0.717, 1.165) is 31.3 Å². The number of fused-ring (bicyclic) bond motifs is 2. The lowest BCUT2D eigenvalue weighted by atomic mass is 9.76. The highest BCUT2D eigenvalue weighted by molar-refractivity contribution is 8.03. The van der Waals surface area contributed by atoms with E-state index in [0.29, 0.717) is 29.7 Å². The van der Waals surface area contributed by atoms with E-state index in [1.54, 1.807) is 21.6 Å². The molecule has 0 saturated carbocycles. The predicted molar refractivity (Wildman–Crippen MR) is 141 cm³/mol. The molecule has 2 aliphatic carbocycles. The predicted octanol–water partition coefficient (Wildman–Crippen LogP) is 5.42. The van der Waals surface area contributed by atoms with Crippen molar-refractivity contribution in [1.29, 1.82) is 0 Å². The van der Waals surface area contributed by atoms with Gasteiger partial charge >= 0.3 is 0 Å². The van der Waals surface area contributed by atoms with E-state index in [1.165, 1.54) is 26.8 Å². The minimum Gasteiger partial charge on any atom is -0.338 e. The number of carbonyl (C=O) groups is 2. The highest BCUT2D eigenvalue weighted by Crippen LogP contribution is 2.46. The van der Waals surface area contributed by atoms with E-state index in [4.69, 9.17) is 12.2 Å². The summed E-state index contributed by atoms with van der Waals surface area (Å²) in [5.41, 5.74) is 4.91. The fraction of sp³-hybridized carbons (Fsp3) is 0.370. The molecule has 34 heavy (non-hydrogen) atoms. The molecule has 0 bridgehead atoms. The van der Waals surface area contributed by atoms with Crippen LogP contribution < -0.4 is 4.90 Å². The van der Waals surface area contributed by atoms with Crippen LogP contribution in [0.5, 0.6) is 0 Å². The molecule has 5 nitrogen and oxygen atoms in total. The second-order valence-electron chi connectivity index (χ2n) is 9.03. The minimum atomic E-state index is -0.253. The van der Waals surface area contributed by atoms with E-state index in [9.17, 15) is 9.59 Å². The van der Waals surface area contributed by atoms with Crippen LogP contribution in [0, 0.1) is 5.92 Å². The molecular weight excluding hydrogens is 462 g/mol. The van der Waals surface area contributed by atoms with Crippen LogP contribution in [0.15, 0.2) is 74.7 Å². The maximum Gasteiger partial charge on any atom is 0.265 e. The van der Waals surface area contributed by atoms with Crippen LogP contribution in [0.4, 0.5) is 5.69 Å². The second-order valence-corrected chi connectivity index (χ2v) is 10.5. The average molecular weight is 492 g/mol. The number of para-hydroxylation sites is 1. The summed E-state index contributed by atoms with van der Waals surface area (Å²) in [6.07, 6.45) is 10.5. The number of thiocarbonyl (C=S) groups is 1. The number of allylic oxidation sites excluding steroid dienone is 6. The van der Waals surface area contributed by atoms with Crippen molar-refractivity contribution in [3.05, 3.63) is 69.8 Å². The maximum atomic E-state index is 13.2. The molecule has 1 saturated heterocycles. The zero-order chi connectivity index (χ0) is 24.0. The first-order valence-corrected chi connectivity index (χ1v) is 13.2. The second kappa shape index (κ2) is 9.19. The largest absolute Gasteiger partial charge is 0.338 e. The van der Waals surface area contributed by atoms with Crippen molar-refractivity contribution in [3.8, 4) is 0 Å². The van der Waals surface area contributed by atoms with Crippen molar-refractivity contribution in [2.75, 3.05) is 25.0 Å². The van der Waals surface area contributed by atoms with Crippen molar-refractivity contribution in [2.24, 2.45) is 5.92 Å². The van der Waals surface area contributed by atoms with E-state index < -0.39 is 0 Å². The number of hydrogen-bond acceptors (Lipinski definition) is 5. The van der Waals surface area contributed by atoms with Crippen LogP contribution in [0.25, 0.3) is 0 Å². The lowest BCUT2D eigenvalue weighted by Crippen LogP contribution is -2.56. The Labute approximate surface area is 210 Å². The number of carbonyl (C=O) groups excluding carboxylic acids is 2. The Balaban J connectivity index is 1.49. The van der Waals surface area contributed by atoms with Gasteiger partial charge in [-0.15, -0.1) is 0 Å². The molecule has 1 unspecified atom stereocenters. The Hall–Kier alpha value is -2.64. The molecule has 1 fully saturated rings. The van der Waals surface area contributed by atoms with Crippen LogP contribution in [0.2, 0.25) is 0 Å². The van der Waals surface area contributed by atoms with E-state index >= 15 is 0 Å². The van der Waals surface area contributed by atoms with Crippen LogP contribution in [0.1, 0.15) is 39.5 Å².